The minimum Gasteiger partial charge on any atom is -0.325 e. The lowest BCUT2D eigenvalue weighted by atomic mass is 10.1. The van der Waals surface area contributed by atoms with Crippen molar-refractivity contribution in [3.63, 3.8) is 0 Å². The van der Waals surface area contributed by atoms with Crippen LogP contribution >= 0.6 is 23.4 Å². The van der Waals surface area contributed by atoms with Gasteiger partial charge in [0.15, 0.2) is 5.16 Å². The molecule has 10 heteroatoms. The summed E-state index contributed by atoms with van der Waals surface area (Å²) in [4.78, 5) is 12.9. The van der Waals surface area contributed by atoms with Crippen molar-refractivity contribution < 1.29 is 18.0 Å². The van der Waals surface area contributed by atoms with Gasteiger partial charge in [0.1, 0.15) is 11.6 Å². The third-order valence-electron chi connectivity index (χ3n) is 3.77. The van der Waals surface area contributed by atoms with Crippen LogP contribution in [0.4, 0.5) is 18.9 Å². The highest BCUT2D eigenvalue weighted by molar-refractivity contribution is 8.00. The van der Waals surface area contributed by atoms with Crippen molar-refractivity contribution in [3.8, 4) is 0 Å². The average molecular weight is 427 g/mol. The number of hydrogen-bond acceptors (Lipinski definition) is 4. The maximum Gasteiger partial charge on any atom is 0.417 e. The van der Waals surface area contributed by atoms with E-state index in [4.69, 9.17) is 11.6 Å². The molecule has 0 aliphatic rings. The van der Waals surface area contributed by atoms with Crippen molar-refractivity contribution in [1.82, 2.24) is 14.8 Å². The van der Waals surface area contributed by atoms with Crippen LogP contribution in [0.25, 0.3) is 0 Å². The lowest BCUT2D eigenvalue weighted by Gasteiger charge is -2.17. The Labute approximate surface area is 167 Å². The van der Waals surface area contributed by atoms with Crippen LogP contribution in [0.1, 0.15) is 16.4 Å². The summed E-state index contributed by atoms with van der Waals surface area (Å²) in [6.45, 7) is 0. The number of thioether (sulfide) groups is 1. The van der Waals surface area contributed by atoms with Gasteiger partial charge < -0.3 is 9.88 Å². The number of aryl methyl sites for hydroxylation is 1. The van der Waals surface area contributed by atoms with E-state index in [1.165, 1.54) is 12.4 Å². The molecular formula is C18H14ClF3N4OS. The molecule has 2 aromatic carbocycles. The molecule has 0 aliphatic carbocycles. The molecule has 28 heavy (non-hydrogen) atoms. The summed E-state index contributed by atoms with van der Waals surface area (Å²) >= 11 is 6.78. The van der Waals surface area contributed by atoms with Gasteiger partial charge in [-0.1, -0.05) is 53.7 Å². The van der Waals surface area contributed by atoms with Gasteiger partial charge in [-0.3, -0.25) is 4.79 Å². The highest BCUT2D eigenvalue weighted by Gasteiger charge is 2.34. The number of hydrogen-bond donors (Lipinski definition) is 1. The molecule has 1 unspecified atom stereocenters. The predicted octanol–water partition coefficient (Wildman–Crippen LogP) is 4.96. The maximum absolute atomic E-state index is 13.1. The second-order valence-corrected chi connectivity index (χ2v) is 7.29. The van der Waals surface area contributed by atoms with E-state index < -0.39 is 27.9 Å². The summed E-state index contributed by atoms with van der Waals surface area (Å²) in [5.41, 5.74) is -0.330. The van der Waals surface area contributed by atoms with Crippen molar-refractivity contribution >= 4 is 35.0 Å². The van der Waals surface area contributed by atoms with E-state index >= 15 is 0 Å². The Bertz CT molecular complexity index is 978. The molecule has 1 amide bonds. The molecule has 1 N–H and O–H groups in total. The van der Waals surface area contributed by atoms with Gasteiger partial charge in [-0.25, -0.2) is 0 Å². The van der Waals surface area contributed by atoms with Crippen LogP contribution in [0.15, 0.2) is 60.0 Å². The first-order valence-electron chi connectivity index (χ1n) is 7.99. The summed E-state index contributed by atoms with van der Waals surface area (Å²) in [5, 5.41) is 9.60. The minimum absolute atomic E-state index is 0.00113. The molecule has 1 atom stereocenters. The predicted molar refractivity (Wildman–Crippen MR) is 101 cm³/mol. The zero-order valence-electron chi connectivity index (χ0n) is 14.4. The fourth-order valence-electron chi connectivity index (χ4n) is 2.41. The van der Waals surface area contributed by atoms with Crippen molar-refractivity contribution in [2.75, 3.05) is 5.32 Å². The summed E-state index contributed by atoms with van der Waals surface area (Å²) in [6, 6.07) is 12.1. The van der Waals surface area contributed by atoms with Gasteiger partial charge >= 0.3 is 6.18 Å². The Kier molecular flexibility index (Phi) is 5.95. The number of carbonyl (C=O) groups is 1. The van der Waals surface area contributed by atoms with Crippen molar-refractivity contribution in [1.29, 1.82) is 0 Å². The number of carbonyl (C=O) groups excluding carboxylic acids is 1. The van der Waals surface area contributed by atoms with Crippen LogP contribution in [-0.4, -0.2) is 20.7 Å². The topological polar surface area (TPSA) is 59.8 Å². The van der Waals surface area contributed by atoms with Crippen LogP contribution in [0, 0.1) is 0 Å². The molecule has 0 saturated heterocycles. The molecule has 1 heterocycles. The van der Waals surface area contributed by atoms with Gasteiger partial charge in [0.2, 0.25) is 5.91 Å². The quantitative estimate of drug-likeness (QED) is 0.586. The third kappa shape index (κ3) is 4.66. The first kappa shape index (κ1) is 20.2. The Hall–Kier alpha value is -2.52. The SMILES string of the molecule is Cn1cnnc1SC(C(=O)Nc1ccc(Cl)c(C(F)(F)F)c1)c1ccccc1. The number of alkyl halides is 3. The Balaban J connectivity index is 1.89. The smallest absolute Gasteiger partial charge is 0.325 e. The van der Waals surface area contributed by atoms with Gasteiger partial charge in [0.05, 0.1) is 10.6 Å². The molecule has 0 spiro atoms. The summed E-state index contributed by atoms with van der Waals surface area (Å²) in [7, 11) is 1.73. The molecule has 0 radical (unpaired) electrons. The fraction of sp³-hybridized carbons (Fsp3) is 0.167. The Morgan fingerprint density at radius 1 is 1.21 bits per heavy atom. The Morgan fingerprint density at radius 2 is 1.93 bits per heavy atom. The van der Waals surface area contributed by atoms with Gasteiger partial charge in [-0.05, 0) is 23.8 Å². The molecule has 3 rings (SSSR count). The number of nitrogens with zero attached hydrogens (tertiary/aromatic N) is 3. The lowest BCUT2D eigenvalue weighted by molar-refractivity contribution is -0.137. The van der Waals surface area contributed by atoms with E-state index in [-0.39, 0.29) is 5.69 Å². The molecule has 0 aliphatic heterocycles. The van der Waals surface area contributed by atoms with E-state index in [0.29, 0.717) is 10.7 Å². The number of aromatic nitrogens is 3. The van der Waals surface area contributed by atoms with Crippen LogP contribution in [0.5, 0.6) is 0 Å². The summed E-state index contributed by atoms with van der Waals surface area (Å²) < 4.78 is 40.9. The van der Waals surface area contributed by atoms with Crippen LogP contribution < -0.4 is 5.32 Å². The molecule has 146 valence electrons. The number of rotatable bonds is 5. The summed E-state index contributed by atoms with van der Waals surface area (Å²) in [5.74, 6) is -0.491. The largest absolute Gasteiger partial charge is 0.417 e. The van der Waals surface area contributed by atoms with E-state index in [1.807, 2.05) is 0 Å². The van der Waals surface area contributed by atoms with Gasteiger partial charge in [0, 0.05) is 12.7 Å². The van der Waals surface area contributed by atoms with Crippen LogP contribution in [-0.2, 0) is 18.0 Å². The molecule has 0 saturated carbocycles. The highest BCUT2D eigenvalue weighted by atomic mass is 35.5. The Morgan fingerprint density at radius 3 is 2.54 bits per heavy atom. The minimum atomic E-state index is -4.62. The van der Waals surface area contributed by atoms with E-state index in [1.54, 1.807) is 41.9 Å². The average Bonchev–Trinajstić information content (AvgIpc) is 3.05. The van der Waals surface area contributed by atoms with E-state index in [2.05, 4.69) is 15.5 Å². The van der Waals surface area contributed by atoms with Crippen molar-refractivity contribution in [2.45, 2.75) is 16.6 Å². The van der Waals surface area contributed by atoms with Gasteiger partial charge in [-0.2, -0.15) is 13.2 Å². The van der Waals surface area contributed by atoms with E-state index in [0.717, 1.165) is 23.9 Å². The second-order valence-electron chi connectivity index (χ2n) is 5.81. The van der Waals surface area contributed by atoms with Gasteiger partial charge in [0.25, 0.3) is 0 Å². The lowest BCUT2D eigenvalue weighted by Crippen LogP contribution is -2.20. The van der Waals surface area contributed by atoms with Gasteiger partial charge in [-0.15, -0.1) is 10.2 Å². The second kappa shape index (κ2) is 8.24. The third-order valence-corrected chi connectivity index (χ3v) is 5.40. The molecule has 1 aromatic heterocycles. The highest BCUT2D eigenvalue weighted by Crippen LogP contribution is 2.38. The number of anilines is 1. The number of amides is 1. The first-order valence-corrected chi connectivity index (χ1v) is 9.24. The first-order chi connectivity index (χ1) is 13.3. The van der Waals surface area contributed by atoms with Crippen LogP contribution in [0.3, 0.4) is 0 Å². The van der Waals surface area contributed by atoms with Crippen LogP contribution in [0.2, 0.25) is 5.02 Å². The standard InChI is InChI=1S/C18H14ClF3N4OS/c1-26-10-23-25-17(26)28-15(11-5-3-2-4-6-11)16(27)24-12-7-8-14(19)13(9-12)18(20,21)22/h2-10,15H,1H3,(H,24,27). The number of benzene rings is 2. The zero-order chi connectivity index (χ0) is 20.3. The zero-order valence-corrected chi connectivity index (χ0v) is 16.0. The monoisotopic (exact) mass is 426 g/mol. The normalized spacial score (nSPS) is 12.6. The molecule has 0 fully saturated rings. The van der Waals surface area contributed by atoms with Crippen molar-refractivity contribution in [3.05, 3.63) is 71.0 Å². The van der Waals surface area contributed by atoms with E-state index in [9.17, 15) is 18.0 Å². The number of halogens is 4. The fourth-order valence-corrected chi connectivity index (χ4v) is 3.62. The molecular weight excluding hydrogens is 413 g/mol. The summed E-state index contributed by atoms with van der Waals surface area (Å²) in [6.07, 6.45) is -3.12. The maximum atomic E-state index is 13.1. The number of nitrogens with one attached hydrogen (secondary N) is 1. The molecule has 0 bridgehead atoms. The van der Waals surface area contributed by atoms with Crippen molar-refractivity contribution in [2.24, 2.45) is 7.05 Å². The molecule has 3 aromatic rings. The molecule has 5 nitrogen and oxygen atoms in total.